The van der Waals surface area contributed by atoms with E-state index in [4.69, 9.17) is 4.74 Å². The first kappa shape index (κ1) is 27.3. The number of fused-ring (bicyclic) bond motifs is 1. The first-order valence-corrected chi connectivity index (χ1v) is 14.1. The second kappa shape index (κ2) is 10.7. The van der Waals surface area contributed by atoms with E-state index in [1.165, 1.54) is 4.90 Å². The summed E-state index contributed by atoms with van der Waals surface area (Å²) in [4.78, 5) is 43.6. The van der Waals surface area contributed by atoms with E-state index in [1.807, 2.05) is 81.4 Å². The minimum atomic E-state index is -1.12. The third kappa shape index (κ3) is 4.63. The number of carbonyl (C=O) groups excluding carboxylic acids is 3. The Hall–Kier alpha value is -3.23. The van der Waals surface area contributed by atoms with Gasteiger partial charge in [0.2, 0.25) is 17.7 Å². The number of hydrogen-bond donors (Lipinski definition) is 3. The van der Waals surface area contributed by atoms with Crippen LogP contribution in [0.15, 0.2) is 60.7 Å². The lowest BCUT2D eigenvalue weighted by molar-refractivity contribution is -0.151. The maximum atomic E-state index is 14.4. The van der Waals surface area contributed by atoms with Gasteiger partial charge < -0.3 is 25.4 Å². The molecule has 3 N–H and O–H groups in total. The molecule has 0 aliphatic carbocycles. The van der Waals surface area contributed by atoms with Gasteiger partial charge >= 0.3 is 0 Å². The molecular weight excluding hydrogens is 494 g/mol. The Morgan fingerprint density at radius 1 is 1.03 bits per heavy atom. The molecule has 0 radical (unpaired) electrons. The molecule has 3 saturated heterocycles. The highest BCUT2D eigenvalue weighted by Gasteiger charge is 2.79. The quantitative estimate of drug-likeness (QED) is 0.435. The average Bonchev–Trinajstić information content (AvgIpc) is 3.54. The van der Waals surface area contributed by atoms with Crippen LogP contribution in [0.25, 0.3) is 0 Å². The lowest BCUT2D eigenvalue weighted by Gasteiger charge is -2.37. The molecule has 3 aliphatic heterocycles. The number of nitrogens with zero attached hydrogens (tertiary/aromatic N) is 1. The summed E-state index contributed by atoms with van der Waals surface area (Å²) in [6, 6.07) is 17.6. The van der Waals surface area contributed by atoms with E-state index in [0.717, 1.165) is 11.1 Å². The van der Waals surface area contributed by atoms with Gasteiger partial charge in [-0.15, -0.1) is 0 Å². The van der Waals surface area contributed by atoms with Crippen molar-refractivity contribution in [2.45, 2.75) is 82.3 Å². The van der Waals surface area contributed by atoms with Crippen LogP contribution >= 0.6 is 0 Å². The van der Waals surface area contributed by atoms with Crippen LogP contribution in [0, 0.1) is 11.8 Å². The summed E-state index contributed by atoms with van der Waals surface area (Å²) in [6.07, 6.45) is 2.06. The van der Waals surface area contributed by atoms with Gasteiger partial charge in [0.25, 0.3) is 0 Å². The fourth-order valence-electron chi connectivity index (χ4n) is 7.14. The number of aliphatic hydroxyl groups excluding tert-OH is 1. The molecule has 2 aromatic rings. The van der Waals surface area contributed by atoms with E-state index in [0.29, 0.717) is 32.2 Å². The molecule has 0 saturated carbocycles. The second-order valence-electron chi connectivity index (χ2n) is 11.5. The molecular formula is C31H39N3O5. The van der Waals surface area contributed by atoms with Gasteiger partial charge in [0.05, 0.1) is 30.1 Å². The van der Waals surface area contributed by atoms with E-state index < -0.39 is 35.1 Å². The summed E-state index contributed by atoms with van der Waals surface area (Å²) in [7, 11) is 0. The van der Waals surface area contributed by atoms with Gasteiger partial charge in [-0.25, -0.2) is 0 Å². The number of ether oxygens (including phenoxy) is 1. The number of benzene rings is 2. The molecule has 5 rings (SSSR count). The summed E-state index contributed by atoms with van der Waals surface area (Å²) in [5.41, 5.74) is -0.0101. The fourth-order valence-corrected chi connectivity index (χ4v) is 7.14. The number of amides is 3. The molecule has 1 spiro atoms. The van der Waals surface area contributed by atoms with Crippen LogP contribution < -0.4 is 10.6 Å². The van der Waals surface area contributed by atoms with Gasteiger partial charge in [-0.2, -0.15) is 0 Å². The Kier molecular flexibility index (Phi) is 7.53. The first-order chi connectivity index (χ1) is 18.8. The maximum absolute atomic E-state index is 14.4. The van der Waals surface area contributed by atoms with E-state index in [9.17, 15) is 19.5 Å². The third-order valence-corrected chi connectivity index (χ3v) is 8.81. The van der Waals surface area contributed by atoms with Crippen LogP contribution in [0.5, 0.6) is 0 Å². The molecule has 39 heavy (non-hydrogen) atoms. The molecule has 8 nitrogen and oxygen atoms in total. The Labute approximate surface area is 230 Å². The highest BCUT2D eigenvalue weighted by Crippen LogP contribution is 2.64. The zero-order valence-corrected chi connectivity index (χ0v) is 22.9. The Bertz CT molecular complexity index is 1210. The van der Waals surface area contributed by atoms with Crippen LogP contribution in [0.3, 0.4) is 0 Å². The highest BCUT2D eigenvalue weighted by molar-refractivity contribution is 5.99. The van der Waals surface area contributed by atoms with Crippen molar-refractivity contribution < 1.29 is 24.2 Å². The van der Waals surface area contributed by atoms with Crippen molar-refractivity contribution in [2.24, 2.45) is 11.8 Å². The predicted octanol–water partition coefficient (Wildman–Crippen LogP) is 2.59. The normalized spacial score (nSPS) is 29.9. The Morgan fingerprint density at radius 2 is 1.67 bits per heavy atom. The van der Waals surface area contributed by atoms with Crippen LogP contribution in [-0.2, 0) is 32.1 Å². The average molecular weight is 534 g/mol. The molecule has 2 unspecified atom stereocenters. The van der Waals surface area contributed by atoms with E-state index in [2.05, 4.69) is 10.6 Å². The van der Waals surface area contributed by atoms with Gasteiger partial charge in [0.1, 0.15) is 11.6 Å². The van der Waals surface area contributed by atoms with E-state index in [1.54, 1.807) is 0 Å². The molecule has 3 fully saturated rings. The fraction of sp³-hybridized carbons (Fsp3) is 0.516. The van der Waals surface area contributed by atoms with Crippen molar-refractivity contribution in [2.75, 3.05) is 6.61 Å². The molecule has 8 heteroatoms. The zero-order chi connectivity index (χ0) is 27.8. The van der Waals surface area contributed by atoms with Gasteiger partial charge in [-0.3, -0.25) is 14.4 Å². The molecule has 0 aromatic heterocycles. The van der Waals surface area contributed by atoms with Crippen LogP contribution in [0.2, 0.25) is 0 Å². The van der Waals surface area contributed by atoms with E-state index >= 15 is 0 Å². The Morgan fingerprint density at radius 3 is 2.26 bits per heavy atom. The van der Waals surface area contributed by atoms with Crippen molar-refractivity contribution in [1.29, 1.82) is 0 Å². The highest BCUT2D eigenvalue weighted by atomic mass is 16.5. The summed E-state index contributed by atoms with van der Waals surface area (Å²) in [6.45, 7) is 5.77. The van der Waals surface area contributed by atoms with Gasteiger partial charge in [-0.1, -0.05) is 67.6 Å². The van der Waals surface area contributed by atoms with Crippen LogP contribution in [0.4, 0.5) is 0 Å². The first-order valence-electron chi connectivity index (χ1n) is 14.1. The monoisotopic (exact) mass is 533 g/mol. The minimum Gasteiger partial charge on any atom is -0.394 e. The maximum Gasteiger partial charge on any atom is 0.246 e. The van der Waals surface area contributed by atoms with E-state index in [-0.39, 0.29) is 30.4 Å². The SMILES string of the molecule is CC[C@]12CCC3(O1)C(C(=O)NC(C)C)N([C@@H](CO)Cc1ccccc1)C(=O)[C@@H]3[C@H]2C(=O)NCc1ccccc1. The molecule has 208 valence electrons. The number of hydrogen-bond acceptors (Lipinski definition) is 5. The number of likely N-dealkylation sites (tertiary alicyclic amines) is 1. The smallest absolute Gasteiger partial charge is 0.246 e. The molecule has 3 heterocycles. The van der Waals surface area contributed by atoms with Gasteiger partial charge in [0.15, 0.2) is 0 Å². The Balaban J connectivity index is 1.52. The molecule has 6 atom stereocenters. The molecule has 2 aromatic carbocycles. The number of carbonyl (C=O) groups is 3. The van der Waals surface area contributed by atoms with Gasteiger partial charge in [0, 0.05) is 12.6 Å². The lowest BCUT2D eigenvalue weighted by atomic mass is 9.65. The summed E-state index contributed by atoms with van der Waals surface area (Å²) in [5.74, 6) is -2.33. The molecule has 2 bridgehead atoms. The lowest BCUT2D eigenvalue weighted by Crippen LogP contribution is -2.59. The number of rotatable bonds is 10. The second-order valence-corrected chi connectivity index (χ2v) is 11.5. The molecule has 3 aliphatic rings. The summed E-state index contributed by atoms with van der Waals surface area (Å²) < 4.78 is 6.80. The van der Waals surface area contributed by atoms with Crippen LogP contribution in [-0.4, -0.2) is 63.7 Å². The summed E-state index contributed by atoms with van der Waals surface area (Å²) in [5, 5.41) is 16.6. The minimum absolute atomic E-state index is 0.143. The molecule has 3 amide bonds. The van der Waals surface area contributed by atoms with Crippen molar-refractivity contribution in [3.05, 3.63) is 71.8 Å². The van der Waals surface area contributed by atoms with Crippen molar-refractivity contribution in [3.63, 3.8) is 0 Å². The largest absolute Gasteiger partial charge is 0.394 e. The standard InChI is InChI=1S/C31H39N3O5/c1-4-30-15-16-31(39-30)25(24(30)27(36)32-18-22-13-9-6-10-14-22)29(38)34(26(31)28(37)33-20(2)3)23(19-35)17-21-11-7-5-8-12-21/h5-14,20,23-26,35H,4,15-19H2,1-3H3,(H,32,36)(H,33,37)/t23-,24+,25+,26?,30-,31?/m1/s1. The number of aliphatic hydroxyl groups is 1. The van der Waals surface area contributed by atoms with Gasteiger partial charge in [-0.05, 0) is 50.7 Å². The van der Waals surface area contributed by atoms with Crippen LogP contribution in [0.1, 0.15) is 51.2 Å². The summed E-state index contributed by atoms with van der Waals surface area (Å²) >= 11 is 0. The third-order valence-electron chi connectivity index (χ3n) is 8.81. The number of nitrogens with one attached hydrogen (secondary N) is 2. The van der Waals surface area contributed by atoms with Crippen molar-refractivity contribution in [3.8, 4) is 0 Å². The predicted molar refractivity (Wildman–Crippen MR) is 146 cm³/mol. The topological polar surface area (TPSA) is 108 Å². The van der Waals surface area contributed by atoms with Crippen molar-refractivity contribution in [1.82, 2.24) is 15.5 Å². The van der Waals surface area contributed by atoms with Crippen molar-refractivity contribution >= 4 is 17.7 Å². The zero-order valence-electron chi connectivity index (χ0n) is 22.9.